The lowest BCUT2D eigenvalue weighted by molar-refractivity contribution is 0.0173. The highest BCUT2D eigenvalue weighted by atomic mass is 79.9. The predicted molar refractivity (Wildman–Crippen MR) is 61.2 cm³/mol. The number of carbonyl (C=O) groups excluding carboxylic acids is 1. The quantitative estimate of drug-likeness (QED) is 0.634. The van der Waals surface area contributed by atoms with Crippen LogP contribution in [-0.4, -0.2) is 27.9 Å². The van der Waals surface area contributed by atoms with Crippen molar-refractivity contribution in [1.29, 1.82) is 0 Å². The molecule has 0 amide bonds. The van der Waals surface area contributed by atoms with Crippen LogP contribution in [0.2, 0.25) is 0 Å². The molecule has 0 aliphatic carbocycles. The zero-order valence-electron chi connectivity index (χ0n) is 8.14. The van der Waals surface area contributed by atoms with Crippen molar-refractivity contribution in [2.75, 3.05) is 5.33 Å². The van der Waals surface area contributed by atoms with Crippen molar-refractivity contribution >= 4 is 22.2 Å². The predicted octanol–water partition coefficient (Wildman–Crippen LogP) is 1.68. The van der Waals surface area contributed by atoms with E-state index in [0.29, 0.717) is 29.2 Å². The van der Waals surface area contributed by atoms with Gasteiger partial charge in [-0.15, -0.1) is 0 Å². The van der Waals surface area contributed by atoms with Crippen LogP contribution in [0.25, 0.3) is 0 Å². The van der Waals surface area contributed by atoms with Gasteiger partial charge in [-0.3, -0.25) is 4.79 Å². The highest BCUT2D eigenvalue weighted by Crippen LogP contribution is 2.20. The zero-order valence-corrected chi connectivity index (χ0v) is 9.72. The number of alkyl halides is 1. The van der Waals surface area contributed by atoms with E-state index in [-0.39, 0.29) is 0 Å². The van der Waals surface area contributed by atoms with Crippen LogP contribution in [0.3, 0.4) is 0 Å². The van der Waals surface area contributed by atoms with E-state index in [4.69, 9.17) is 0 Å². The molecule has 2 N–H and O–H groups in total. The first kappa shape index (κ1) is 12.4. The van der Waals surface area contributed by atoms with Gasteiger partial charge in [0.05, 0.1) is 6.10 Å². The summed E-state index contributed by atoms with van der Waals surface area (Å²) in [6.45, 7) is 0. The molecule has 0 heterocycles. The van der Waals surface area contributed by atoms with Gasteiger partial charge in [0, 0.05) is 10.9 Å². The van der Waals surface area contributed by atoms with Crippen molar-refractivity contribution in [2.24, 2.45) is 0 Å². The fourth-order valence-corrected chi connectivity index (χ4v) is 1.78. The smallest absolute Gasteiger partial charge is 0.150 e. The second-order valence-electron chi connectivity index (χ2n) is 3.28. The van der Waals surface area contributed by atoms with E-state index in [0.717, 1.165) is 0 Å². The minimum Gasteiger partial charge on any atom is -0.390 e. The van der Waals surface area contributed by atoms with Gasteiger partial charge in [0.1, 0.15) is 12.4 Å². The maximum atomic E-state index is 10.5. The average Bonchev–Trinajstić information content (AvgIpc) is 2.28. The van der Waals surface area contributed by atoms with E-state index >= 15 is 0 Å². The van der Waals surface area contributed by atoms with Crippen LogP contribution in [0.15, 0.2) is 24.3 Å². The molecule has 0 spiro atoms. The van der Waals surface area contributed by atoms with Gasteiger partial charge in [0.15, 0.2) is 0 Å². The van der Waals surface area contributed by atoms with E-state index in [9.17, 15) is 15.0 Å². The lowest BCUT2D eigenvalue weighted by Crippen LogP contribution is -2.18. The molecule has 1 rings (SSSR count). The second kappa shape index (κ2) is 6.00. The van der Waals surface area contributed by atoms with Crippen molar-refractivity contribution in [1.82, 2.24) is 0 Å². The molecule has 0 bridgehead atoms. The van der Waals surface area contributed by atoms with Crippen molar-refractivity contribution in [3.05, 3.63) is 35.4 Å². The highest BCUT2D eigenvalue weighted by molar-refractivity contribution is 9.09. The monoisotopic (exact) mass is 272 g/mol. The third-order valence-electron chi connectivity index (χ3n) is 2.16. The summed E-state index contributed by atoms with van der Waals surface area (Å²) >= 11 is 3.19. The van der Waals surface area contributed by atoms with E-state index < -0.39 is 12.2 Å². The fraction of sp³-hybridized carbons (Fsp3) is 0.364. The summed E-state index contributed by atoms with van der Waals surface area (Å²) in [6, 6.07) is 6.60. The Kier molecular flexibility index (Phi) is 4.94. The summed E-state index contributed by atoms with van der Waals surface area (Å²) < 4.78 is 0. The molecule has 1 aromatic carbocycles. The standard InChI is InChI=1S/C11H13BrO3/c12-5-4-10(14)11(15)9-3-1-2-8(6-9)7-13/h1-3,6-7,10-11,14-15H,4-5H2. The van der Waals surface area contributed by atoms with Crippen molar-refractivity contribution < 1.29 is 15.0 Å². The molecule has 2 atom stereocenters. The maximum absolute atomic E-state index is 10.5. The normalized spacial score (nSPS) is 14.6. The molecule has 3 nitrogen and oxygen atoms in total. The van der Waals surface area contributed by atoms with Crippen LogP contribution >= 0.6 is 15.9 Å². The summed E-state index contributed by atoms with van der Waals surface area (Å²) in [7, 11) is 0. The summed E-state index contributed by atoms with van der Waals surface area (Å²) in [4.78, 5) is 10.5. The number of benzene rings is 1. The number of halogens is 1. The highest BCUT2D eigenvalue weighted by Gasteiger charge is 2.17. The molecule has 0 fully saturated rings. The van der Waals surface area contributed by atoms with Crippen LogP contribution in [0.5, 0.6) is 0 Å². The van der Waals surface area contributed by atoms with Gasteiger partial charge in [0.25, 0.3) is 0 Å². The number of rotatable bonds is 5. The molecule has 1 aromatic rings. The molecule has 0 aromatic heterocycles. The van der Waals surface area contributed by atoms with Gasteiger partial charge in [-0.05, 0) is 18.1 Å². The van der Waals surface area contributed by atoms with Gasteiger partial charge in [-0.25, -0.2) is 0 Å². The summed E-state index contributed by atoms with van der Waals surface area (Å²) in [5.41, 5.74) is 1.06. The van der Waals surface area contributed by atoms with Gasteiger partial charge in [-0.2, -0.15) is 0 Å². The number of aliphatic hydroxyl groups is 2. The molecule has 0 radical (unpaired) electrons. The fourth-order valence-electron chi connectivity index (χ4n) is 1.31. The van der Waals surface area contributed by atoms with E-state index in [1.54, 1.807) is 24.3 Å². The first-order valence-corrected chi connectivity index (χ1v) is 5.78. The Morgan fingerprint density at radius 3 is 2.73 bits per heavy atom. The topological polar surface area (TPSA) is 57.5 Å². The Morgan fingerprint density at radius 1 is 1.40 bits per heavy atom. The van der Waals surface area contributed by atoms with Crippen LogP contribution in [0.4, 0.5) is 0 Å². The summed E-state index contributed by atoms with van der Waals surface area (Å²) in [5, 5.41) is 19.9. The van der Waals surface area contributed by atoms with Crippen LogP contribution in [-0.2, 0) is 0 Å². The first-order chi connectivity index (χ1) is 7.19. The van der Waals surface area contributed by atoms with Crippen molar-refractivity contribution in [2.45, 2.75) is 18.6 Å². The number of hydrogen-bond donors (Lipinski definition) is 2. The van der Waals surface area contributed by atoms with Gasteiger partial charge in [0.2, 0.25) is 0 Å². The van der Waals surface area contributed by atoms with Gasteiger partial charge in [-0.1, -0.05) is 34.1 Å². The molecule has 0 aliphatic heterocycles. The Morgan fingerprint density at radius 2 is 2.13 bits per heavy atom. The third kappa shape index (κ3) is 3.41. The lowest BCUT2D eigenvalue weighted by atomic mass is 10.0. The molecule has 0 aliphatic rings. The lowest BCUT2D eigenvalue weighted by Gasteiger charge is -2.17. The van der Waals surface area contributed by atoms with E-state index in [2.05, 4.69) is 15.9 Å². The Hall–Kier alpha value is -0.710. The molecule has 4 heteroatoms. The SMILES string of the molecule is O=Cc1cccc(C(O)C(O)CCBr)c1. The minimum atomic E-state index is -0.942. The van der Waals surface area contributed by atoms with Crippen LogP contribution in [0, 0.1) is 0 Å². The van der Waals surface area contributed by atoms with Gasteiger partial charge >= 0.3 is 0 Å². The van der Waals surface area contributed by atoms with Crippen molar-refractivity contribution in [3.8, 4) is 0 Å². The summed E-state index contributed by atoms with van der Waals surface area (Å²) in [6.07, 6.45) is -0.576. The average molecular weight is 273 g/mol. The molecule has 15 heavy (non-hydrogen) atoms. The molecule has 0 saturated carbocycles. The van der Waals surface area contributed by atoms with Crippen molar-refractivity contribution in [3.63, 3.8) is 0 Å². The largest absolute Gasteiger partial charge is 0.390 e. The first-order valence-electron chi connectivity index (χ1n) is 4.66. The number of carbonyl (C=O) groups is 1. The maximum Gasteiger partial charge on any atom is 0.150 e. The molecular formula is C11H13BrO3. The van der Waals surface area contributed by atoms with E-state index in [1.165, 1.54) is 0 Å². The molecule has 82 valence electrons. The minimum absolute atomic E-state index is 0.465. The van der Waals surface area contributed by atoms with Crippen LogP contribution in [0.1, 0.15) is 28.4 Å². The Balaban J connectivity index is 2.80. The Bertz CT molecular complexity index is 327. The molecular weight excluding hydrogens is 260 g/mol. The number of aldehydes is 1. The van der Waals surface area contributed by atoms with E-state index in [1.807, 2.05) is 0 Å². The Labute approximate surface area is 96.9 Å². The summed E-state index contributed by atoms with van der Waals surface area (Å²) in [5.74, 6) is 0. The molecule has 2 unspecified atom stereocenters. The zero-order chi connectivity index (χ0) is 11.3. The number of hydrogen-bond acceptors (Lipinski definition) is 3. The molecule has 0 saturated heterocycles. The third-order valence-corrected chi connectivity index (χ3v) is 2.62. The number of aliphatic hydroxyl groups excluding tert-OH is 2. The second-order valence-corrected chi connectivity index (χ2v) is 4.07. The van der Waals surface area contributed by atoms with Gasteiger partial charge < -0.3 is 10.2 Å². The van der Waals surface area contributed by atoms with Crippen LogP contribution < -0.4 is 0 Å².